The van der Waals surface area contributed by atoms with Gasteiger partial charge in [-0.2, -0.15) is 4.98 Å². The number of fused-ring (bicyclic) bond motifs is 1. The number of aromatic nitrogens is 4. The second-order valence-corrected chi connectivity index (χ2v) is 6.56. The van der Waals surface area contributed by atoms with Crippen LogP contribution in [0.25, 0.3) is 11.2 Å². The van der Waals surface area contributed by atoms with E-state index in [9.17, 15) is 9.59 Å². The molecule has 10 heteroatoms. The van der Waals surface area contributed by atoms with E-state index in [2.05, 4.69) is 10.3 Å². The summed E-state index contributed by atoms with van der Waals surface area (Å²) in [6, 6.07) is 5.14. The Labute approximate surface area is 158 Å². The van der Waals surface area contributed by atoms with E-state index in [1.54, 1.807) is 29.8 Å². The van der Waals surface area contributed by atoms with E-state index in [1.807, 2.05) is 0 Å². The Morgan fingerprint density at radius 2 is 1.81 bits per heavy atom. The van der Waals surface area contributed by atoms with Crippen LogP contribution in [0.2, 0.25) is 10.0 Å². The maximum absolute atomic E-state index is 12.7. The number of nitrogens with zero attached hydrogens (tertiary/aromatic N) is 4. The molecule has 0 atom stereocenters. The lowest BCUT2D eigenvalue weighted by atomic mass is 10.2. The Morgan fingerprint density at radius 3 is 2.42 bits per heavy atom. The van der Waals surface area contributed by atoms with Crippen LogP contribution in [0.4, 0.5) is 5.95 Å². The largest absolute Gasteiger partial charge is 0.395 e. The molecule has 0 bridgehead atoms. The normalized spacial score (nSPS) is 11.3. The molecule has 8 nitrogen and oxygen atoms in total. The minimum absolute atomic E-state index is 0.118. The van der Waals surface area contributed by atoms with Crippen LogP contribution in [0.15, 0.2) is 27.8 Å². The number of benzene rings is 1. The van der Waals surface area contributed by atoms with Gasteiger partial charge in [-0.05, 0) is 12.1 Å². The number of halogens is 2. The van der Waals surface area contributed by atoms with Crippen molar-refractivity contribution in [3.63, 3.8) is 0 Å². The smallest absolute Gasteiger partial charge is 0.332 e. The molecule has 0 unspecified atom stereocenters. The monoisotopic (exact) mass is 397 g/mol. The molecule has 3 rings (SSSR count). The third-order valence-corrected chi connectivity index (χ3v) is 4.83. The Kier molecular flexibility index (Phi) is 5.08. The standard InChI is InChI=1S/C16H17Cl2N5O3/c1-21-13-12(14(25)22(2)16(21)26)23(15(20-13)19-6-7-24)8-9-10(17)4-3-5-11(9)18/h3-5,24H,6-8H2,1-2H3,(H,19,20). The summed E-state index contributed by atoms with van der Waals surface area (Å²) < 4.78 is 3.93. The zero-order chi connectivity index (χ0) is 19.0. The summed E-state index contributed by atoms with van der Waals surface area (Å²) in [6.45, 7) is 0.289. The van der Waals surface area contributed by atoms with E-state index in [0.29, 0.717) is 21.6 Å². The van der Waals surface area contributed by atoms with Gasteiger partial charge in [0.1, 0.15) is 0 Å². The molecule has 0 aliphatic carbocycles. The van der Waals surface area contributed by atoms with Gasteiger partial charge >= 0.3 is 5.69 Å². The van der Waals surface area contributed by atoms with Crippen LogP contribution in [-0.4, -0.2) is 36.9 Å². The van der Waals surface area contributed by atoms with Crippen LogP contribution in [0.5, 0.6) is 0 Å². The van der Waals surface area contributed by atoms with E-state index in [4.69, 9.17) is 28.3 Å². The molecule has 138 valence electrons. The van der Waals surface area contributed by atoms with E-state index < -0.39 is 11.2 Å². The third-order valence-electron chi connectivity index (χ3n) is 4.12. The lowest BCUT2D eigenvalue weighted by Crippen LogP contribution is -2.37. The molecule has 0 saturated heterocycles. The fourth-order valence-electron chi connectivity index (χ4n) is 2.74. The lowest BCUT2D eigenvalue weighted by molar-refractivity contribution is 0.310. The molecule has 3 aromatic rings. The van der Waals surface area contributed by atoms with E-state index in [1.165, 1.54) is 11.6 Å². The van der Waals surface area contributed by atoms with Gasteiger partial charge in [-0.25, -0.2) is 4.79 Å². The average molecular weight is 398 g/mol. The highest BCUT2D eigenvalue weighted by Crippen LogP contribution is 2.27. The molecule has 0 aliphatic heterocycles. The molecule has 0 fully saturated rings. The van der Waals surface area contributed by atoms with Gasteiger partial charge in [0.25, 0.3) is 5.56 Å². The first-order valence-electron chi connectivity index (χ1n) is 7.80. The molecule has 2 N–H and O–H groups in total. The summed E-state index contributed by atoms with van der Waals surface area (Å²) in [4.78, 5) is 29.3. The highest BCUT2D eigenvalue weighted by Gasteiger charge is 2.20. The number of hydrogen-bond acceptors (Lipinski definition) is 5. The van der Waals surface area contributed by atoms with Crippen molar-refractivity contribution in [2.45, 2.75) is 6.54 Å². The summed E-state index contributed by atoms with van der Waals surface area (Å²) in [5, 5.41) is 13.0. The minimum Gasteiger partial charge on any atom is -0.395 e. The summed E-state index contributed by atoms with van der Waals surface area (Å²) >= 11 is 12.5. The molecule has 0 spiro atoms. The number of rotatable bonds is 5. The fourth-order valence-corrected chi connectivity index (χ4v) is 3.26. The topological polar surface area (TPSA) is 94.1 Å². The SMILES string of the molecule is Cn1c(=O)c2c(nc(NCCO)n2Cc2c(Cl)cccc2Cl)n(C)c1=O. The van der Waals surface area contributed by atoms with Crippen molar-refractivity contribution >= 4 is 40.3 Å². The molecular weight excluding hydrogens is 381 g/mol. The average Bonchev–Trinajstić information content (AvgIpc) is 2.98. The Morgan fingerprint density at radius 1 is 1.15 bits per heavy atom. The molecule has 2 aromatic heterocycles. The number of imidazole rings is 1. The van der Waals surface area contributed by atoms with Gasteiger partial charge in [0.15, 0.2) is 11.2 Å². The highest BCUT2D eigenvalue weighted by atomic mass is 35.5. The Bertz CT molecular complexity index is 1080. The van der Waals surface area contributed by atoms with Gasteiger partial charge in [-0.1, -0.05) is 29.3 Å². The maximum Gasteiger partial charge on any atom is 0.332 e. The summed E-state index contributed by atoms with van der Waals surface area (Å²) in [5.41, 5.74) is 0.151. The molecule has 0 amide bonds. The molecule has 1 aromatic carbocycles. The predicted molar refractivity (Wildman–Crippen MR) is 101 cm³/mol. The van der Waals surface area contributed by atoms with E-state index in [-0.39, 0.29) is 30.9 Å². The molecular formula is C16H17Cl2N5O3. The van der Waals surface area contributed by atoms with Crippen LogP contribution in [-0.2, 0) is 20.6 Å². The van der Waals surface area contributed by atoms with Gasteiger partial charge in [-0.3, -0.25) is 18.5 Å². The van der Waals surface area contributed by atoms with Crippen LogP contribution in [0, 0.1) is 0 Å². The van der Waals surface area contributed by atoms with Crippen LogP contribution in [0.1, 0.15) is 5.56 Å². The van der Waals surface area contributed by atoms with Crippen molar-refractivity contribution in [2.24, 2.45) is 14.1 Å². The van der Waals surface area contributed by atoms with Crippen LogP contribution in [0.3, 0.4) is 0 Å². The van der Waals surface area contributed by atoms with Crippen LogP contribution < -0.4 is 16.6 Å². The van der Waals surface area contributed by atoms with E-state index in [0.717, 1.165) is 4.57 Å². The van der Waals surface area contributed by atoms with Crippen molar-refractivity contribution in [3.05, 3.63) is 54.6 Å². The van der Waals surface area contributed by atoms with E-state index >= 15 is 0 Å². The van der Waals surface area contributed by atoms with Crippen LogP contribution >= 0.6 is 23.2 Å². The quantitative estimate of drug-likeness (QED) is 0.674. The van der Waals surface area contributed by atoms with Gasteiger partial charge in [0.05, 0.1) is 13.2 Å². The van der Waals surface area contributed by atoms with Crippen molar-refractivity contribution in [1.82, 2.24) is 18.7 Å². The second kappa shape index (κ2) is 7.14. The van der Waals surface area contributed by atoms with Crippen molar-refractivity contribution in [1.29, 1.82) is 0 Å². The first-order chi connectivity index (χ1) is 12.4. The Balaban J connectivity index is 2.31. The number of nitrogens with one attached hydrogen (secondary N) is 1. The molecule has 0 aliphatic rings. The van der Waals surface area contributed by atoms with Crippen molar-refractivity contribution in [3.8, 4) is 0 Å². The summed E-state index contributed by atoms with van der Waals surface area (Å²) in [7, 11) is 2.95. The van der Waals surface area contributed by atoms with Crippen molar-refractivity contribution in [2.75, 3.05) is 18.5 Å². The molecule has 0 radical (unpaired) electrons. The minimum atomic E-state index is -0.476. The molecule has 26 heavy (non-hydrogen) atoms. The van der Waals surface area contributed by atoms with Gasteiger partial charge in [0.2, 0.25) is 5.95 Å². The maximum atomic E-state index is 12.7. The lowest BCUT2D eigenvalue weighted by Gasteiger charge is -2.12. The third kappa shape index (κ3) is 3.00. The summed E-state index contributed by atoms with van der Waals surface area (Å²) in [5.74, 6) is 0.336. The second-order valence-electron chi connectivity index (χ2n) is 5.75. The summed E-state index contributed by atoms with van der Waals surface area (Å²) in [6.07, 6.45) is 0. The number of aliphatic hydroxyl groups is 1. The first kappa shape index (κ1) is 18.5. The number of hydrogen-bond donors (Lipinski definition) is 2. The molecule has 0 saturated carbocycles. The highest BCUT2D eigenvalue weighted by molar-refractivity contribution is 6.36. The number of aryl methyl sites for hydroxylation is 1. The van der Waals surface area contributed by atoms with Crippen molar-refractivity contribution < 1.29 is 5.11 Å². The van der Waals surface area contributed by atoms with Gasteiger partial charge in [0, 0.05) is 36.2 Å². The fraction of sp³-hybridized carbons (Fsp3) is 0.312. The predicted octanol–water partition coefficient (Wildman–Crippen LogP) is 1.19. The molecule has 2 heterocycles. The first-order valence-corrected chi connectivity index (χ1v) is 8.56. The number of aliphatic hydroxyl groups excluding tert-OH is 1. The number of anilines is 1. The zero-order valence-electron chi connectivity index (χ0n) is 14.2. The van der Waals surface area contributed by atoms with Gasteiger partial charge in [-0.15, -0.1) is 0 Å². The van der Waals surface area contributed by atoms with Gasteiger partial charge < -0.3 is 10.4 Å². The Hall–Kier alpha value is -2.29. The zero-order valence-corrected chi connectivity index (χ0v) is 15.7.